The normalized spacial score (nSPS) is 21.6. The molecule has 2 N–H and O–H groups in total. The summed E-state index contributed by atoms with van der Waals surface area (Å²) in [4.78, 5) is 22.7. The van der Waals surface area contributed by atoms with Gasteiger partial charge in [0.1, 0.15) is 17.2 Å². The first-order chi connectivity index (χ1) is 13.0. The van der Waals surface area contributed by atoms with E-state index in [9.17, 15) is 13.6 Å². The van der Waals surface area contributed by atoms with Crippen molar-refractivity contribution < 1.29 is 8.78 Å². The number of pyridine rings is 2. The fraction of sp³-hybridized carbons (Fsp3) is 0.150. The van der Waals surface area contributed by atoms with Gasteiger partial charge in [-0.2, -0.15) is 4.39 Å². The average molecular weight is 366 g/mol. The molecule has 5 nitrogen and oxygen atoms in total. The summed E-state index contributed by atoms with van der Waals surface area (Å²) in [7, 11) is 0. The molecule has 3 heterocycles. The Morgan fingerprint density at radius 1 is 1.04 bits per heavy atom. The number of nitrogens with one attached hydrogen (secondary N) is 2. The van der Waals surface area contributed by atoms with Crippen LogP contribution in [0.15, 0.2) is 70.6 Å². The molecule has 1 aliphatic rings. The maximum absolute atomic E-state index is 13.9. The summed E-state index contributed by atoms with van der Waals surface area (Å²) in [6, 6.07) is 13.4. The van der Waals surface area contributed by atoms with Crippen molar-refractivity contribution in [1.29, 1.82) is 0 Å². The molecule has 27 heavy (non-hydrogen) atoms. The summed E-state index contributed by atoms with van der Waals surface area (Å²) in [5.41, 5.74) is 0.663. The van der Waals surface area contributed by atoms with Gasteiger partial charge in [-0.15, -0.1) is 0 Å². The standard InChI is InChI=1S/C20H16F2N4O/c1-12-20(13-5-7-15(21)8-6-13,14-9-10-23-17(22)11-14)26-19(24-12)16-3-2-4-18(27)25-16/h2-12H,1H3,(H,24,26)(H,25,27). The van der Waals surface area contributed by atoms with Crippen LogP contribution < -0.4 is 10.9 Å². The first-order valence-corrected chi connectivity index (χ1v) is 8.43. The number of aliphatic imine (C=N–C) groups is 1. The lowest BCUT2D eigenvalue weighted by molar-refractivity contribution is 0.429. The lowest BCUT2D eigenvalue weighted by Gasteiger charge is -2.35. The van der Waals surface area contributed by atoms with Crippen molar-refractivity contribution >= 4 is 5.84 Å². The van der Waals surface area contributed by atoms with Crippen molar-refractivity contribution in [3.63, 3.8) is 0 Å². The SMILES string of the molecule is CC1N=C(c2cccc(=O)[nH]2)NC1(c1ccc(F)cc1)c1ccnc(F)c1. The Morgan fingerprint density at radius 2 is 1.81 bits per heavy atom. The summed E-state index contributed by atoms with van der Waals surface area (Å²) in [6.07, 6.45) is 1.38. The molecule has 0 aliphatic carbocycles. The second-order valence-electron chi connectivity index (χ2n) is 6.39. The minimum absolute atomic E-state index is 0.251. The molecule has 0 radical (unpaired) electrons. The van der Waals surface area contributed by atoms with Crippen molar-refractivity contribution in [2.75, 3.05) is 0 Å². The number of amidine groups is 1. The van der Waals surface area contributed by atoms with E-state index in [4.69, 9.17) is 0 Å². The lowest BCUT2D eigenvalue weighted by atomic mass is 9.78. The minimum atomic E-state index is -0.931. The Hall–Kier alpha value is -3.35. The number of aromatic amines is 1. The third kappa shape index (κ3) is 2.91. The molecule has 3 aromatic rings. The number of hydrogen-bond donors (Lipinski definition) is 2. The van der Waals surface area contributed by atoms with Crippen LogP contribution in [0.1, 0.15) is 23.7 Å². The van der Waals surface area contributed by atoms with Gasteiger partial charge < -0.3 is 10.3 Å². The van der Waals surface area contributed by atoms with E-state index in [0.29, 0.717) is 17.1 Å². The van der Waals surface area contributed by atoms with Crippen LogP contribution >= 0.6 is 0 Å². The highest BCUT2D eigenvalue weighted by Crippen LogP contribution is 2.38. The fourth-order valence-corrected chi connectivity index (χ4v) is 3.49. The number of hydrogen-bond acceptors (Lipinski definition) is 4. The van der Waals surface area contributed by atoms with Crippen LogP contribution in [0.4, 0.5) is 8.78 Å². The molecule has 0 fully saturated rings. The lowest BCUT2D eigenvalue weighted by Crippen LogP contribution is -2.48. The van der Waals surface area contributed by atoms with Crippen molar-refractivity contribution in [2.24, 2.45) is 4.99 Å². The molecule has 0 saturated carbocycles. The van der Waals surface area contributed by atoms with Crippen LogP contribution in [-0.2, 0) is 5.54 Å². The molecule has 1 aliphatic heterocycles. The molecule has 1 aromatic carbocycles. The van der Waals surface area contributed by atoms with E-state index >= 15 is 0 Å². The number of rotatable bonds is 3. The molecular weight excluding hydrogens is 350 g/mol. The number of aromatic nitrogens is 2. The summed E-state index contributed by atoms with van der Waals surface area (Å²) in [5.74, 6) is -0.514. The largest absolute Gasteiger partial charge is 0.353 e. The predicted octanol–water partition coefficient (Wildman–Crippen LogP) is 2.73. The minimum Gasteiger partial charge on any atom is -0.353 e. The number of nitrogens with zero attached hydrogens (tertiary/aromatic N) is 2. The van der Waals surface area contributed by atoms with Gasteiger partial charge in [0, 0.05) is 12.3 Å². The molecule has 0 spiro atoms. The monoisotopic (exact) mass is 366 g/mol. The van der Waals surface area contributed by atoms with Crippen LogP contribution in [0, 0.1) is 11.8 Å². The van der Waals surface area contributed by atoms with E-state index in [1.54, 1.807) is 30.3 Å². The van der Waals surface area contributed by atoms with Gasteiger partial charge in [-0.25, -0.2) is 9.37 Å². The van der Waals surface area contributed by atoms with Crippen molar-refractivity contribution in [1.82, 2.24) is 15.3 Å². The van der Waals surface area contributed by atoms with Crippen molar-refractivity contribution in [2.45, 2.75) is 18.5 Å². The second kappa shape index (κ2) is 6.42. The van der Waals surface area contributed by atoms with Crippen LogP contribution in [0.3, 0.4) is 0 Å². The van der Waals surface area contributed by atoms with E-state index in [-0.39, 0.29) is 17.4 Å². The van der Waals surface area contributed by atoms with E-state index < -0.39 is 11.5 Å². The maximum Gasteiger partial charge on any atom is 0.248 e. The van der Waals surface area contributed by atoms with Crippen molar-refractivity contribution in [3.05, 3.63) is 99.7 Å². The molecule has 0 bridgehead atoms. The van der Waals surface area contributed by atoms with Gasteiger partial charge in [0.2, 0.25) is 11.5 Å². The van der Waals surface area contributed by atoms with Gasteiger partial charge in [0.25, 0.3) is 0 Å². The van der Waals surface area contributed by atoms with Crippen LogP contribution in [0.25, 0.3) is 0 Å². The van der Waals surface area contributed by atoms with Crippen LogP contribution in [0.2, 0.25) is 0 Å². The Labute approximate surface area is 153 Å². The van der Waals surface area contributed by atoms with Gasteiger partial charge in [-0.1, -0.05) is 18.2 Å². The smallest absolute Gasteiger partial charge is 0.248 e. The molecule has 136 valence electrons. The molecule has 2 atom stereocenters. The Morgan fingerprint density at radius 3 is 2.52 bits per heavy atom. The zero-order valence-corrected chi connectivity index (χ0v) is 14.4. The topological polar surface area (TPSA) is 70.1 Å². The summed E-state index contributed by atoms with van der Waals surface area (Å²) < 4.78 is 27.4. The first-order valence-electron chi connectivity index (χ1n) is 8.43. The predicted molar refractivity (Wildman–Crippen MR) is 97.6 cm³/mol. The molecule has 7 heteroatoms. The fourth-order valence-electron chi connectivity index (χ4n) is 3.49. The maximum atomic E-state index is 13.9. The second-order valence-corrected chi connectivity index (χ2v) is 6.39. The highest BCUT2D eigenvalue weighted by Gasteiger charge is 2.45. The first kappa shape index (κ1) is 17.1. The van der Waals surface area contributed by atoms with E-state index in [2.05, 4.69) is 20.3 Å². The molecule has 0 saturated heterocycles. The summed E-state index contributed by atoms with van der Waals surface area (Å²) in [5, 5.41) is 3.34. The van der Waals surface area contributed by atoms with Crippen molar-refractivity contribution in [3.8, 4) is 0 Å². The zero-order valence-electron chi connectivity index (χ0n) is 14.4. The number of benzene rings is 1. The number of H-pyrrole nitrogens is 1. The Balaban J connectivity index is 1.87. The van der Waals surface area contributed by atoms with E-state index in [1.165, 1.54) is 30.5 Å². The molecule has 0 amide bonds. The van der Waals surface area contributed by atoms with Crippen LogP contribution in [0.5, 0.6) is 0 Å². The van der Waals surface area contributed by atoms with Crippen LogP contribution in [-0.4, -0.2) is 21.8 Å². The summed E-state index contributed by atoms with van der Waals surface area (Å²) in [6.45, 7) is 1.88. The van der Waals surface area contributed by atoms with Gasteiger partial charge in [-0.3, -0.25) is 9.79 Å². The highest BCUT2D eigenvalue weighted by atomic mass is 19.1. The molecule has 4 rings (SSSR count). The van der Waals surface area contributed by atoms with Gasteiger partial charge in [0.05, 0.1) is 11.7 Å². The average Bonchev–Trinajstić information content (AvgIpc) is 3.01. The Bertz CT molecular complexity index is 1080. The Kier molecular flexibility index (Phi) is 4.07. The third-order valence-electron chi connectivity index (χ3n) is 4.77. The van der Waals surface area contributed by atoms with E-state index in [0.717, 1.165) is 5.56 Å². The summed E-state index contributed by atoms with van der Waals surface area (Å²) >= 11 is 0. The van der Waals surface area contributed by atoms with Gasteiger partial charge >= 0.3 is 0 Å². The third-order valence-corrected chi connectivity index (χ3v) is 4.77. The molecule has 2 aromatic heterocycles. The van der Waals surface area contributed by atoms with Gasteiger partial charge in [-0.05, 0) is 48.4 Å². The molecule has 2 unspecified atom stereocenters. The number of halogens is 2. The van der Waals surface area contributed by atoms with Gasteiger partial charge in [0.15, 0.2) is 0 Å². The quantitative estimate of drug-likeness (QED) is 0.701. The highest BCUT2D eigenvalue weighted by molar-refractivity contribution is 5.99. The molecular formula is C20H16F2N4O. The zero-order chi connectivity index (χ0) is 19.0. The van der Waals surface area contributed by atoms with E-state index in [1.807, 2.05) is 6.92 Å².